The Bertz CT molecular complexity index is 415. The molecular formula is C12H15BrN2O. The predicted molar refractivity (Wildman–Crippen MR) is 66.9 cm³/mol. The SMILES string of the molecule is C[C@H](NC(=O)C1(N)CC1)c1ccccc1Br. The number of amides is 1. The van der Waals surface area contributed by atoms with Gasteiger partial charge in [-0.15, -0.1) is 0 Å². The summed E-state index contributed by atoms with van der Waals surface area (Å²) in [6, 6.07) is 7.84. The van der Waals surface area contributed by atoms with Crippen LogP contribution in [0.1, 0.15) is 31.4 Å². The molecular weight excluding hydrogens is 268 g/mol. The number of rotatable bonds is 3. The first-order valence-corrected chi connectivity index (χ1v) is 6.16. The van der Waals surface area contributed by atoms with Crippen LogP contribution in [0.4, 0.5) is 0 Å². The molecule has 16 heavy (non-hydrogen) atoms. The molecule has 1 aliphatic carbocycles. The van der Waals surface area contributed by atoms with E-state index in [-0.39, 0.29) is 11.9 Å². The van der Waals surface area contributed by atoms with E-state index in [2.05, 4.69) is 21.2 Å². The number of nitrogens with two attached hydrogens (primary N) is 1. The van der Waals surface area contributed by atoms with Crippen molar-refractivity contribution in [3.63, 3.8) is 0 Å². The highest BCUT2D eigenvalue weighted by molar-refractivity contribution is 9.10. The summed E-state index contributed by atoms with van der Waals surface area (Å²) in [5.74, 6) is -0.0456. The van der Waals surface area contributed by atoms with E-state index in [1.54, 1.807) is 0 Å². The third kappa shape index (κ3) is 2.28. The zero-order valence-corrected chi connectivity index (χ0v) is 10.8. The maximum Gasteiger partial charge on any atom is 0.240 e. The van der Waals surface area contributed by atoms with Crippen LogP contribution in [0.25, 0.3) is 0 Å². The third-order valence-electron chi connectivity index (χ3n) is 2.96. The van der Waals surface area contributed by atoms with E-state index in [4.69, 9.17) is 5.73 Å². The molecule has 0 unspecified atom stereocenters. The Balaban J connectivity index is 2.06. The molecule has 2 rings (SSSR count). The summed E-state index contributed by atoms with van der Waals surface area (Å²) in [4.78, 5) is 11.8. The number of benzene rings is 1. The Morgan fingerprint density at radius 3 is 2.69 bits per heavy atom. The molecule has 1 aromatic rings. The zero-order chi connectivity index (χ0) is 11.8. The number of halogens is 1. The van der Waals surface area contributed by atoms with Crippen LogP contribution >= 0.6 is 15.9 Å². The number of nitrogens with one attached hydrogen (secondary N) is 1. The maximum absolute atomic E-state index is 11.8. The molecule has 0 bridgehead atoms. The average Bonchev–Trinajstić information content (AvgIpc) is 2.98. The minimum absolute atomic E-state index is 0.0240. The van der Waals surface area contributed by atoms with Gasteiger partial charge in [-0.25, -0.2) is 0 Å². The highest BCUT2D eigenvalue weighted by Gasteiger charge is 2.46. The summed E-state index contributed by atoms with van der Waals surface area (Å²) < 4.78 is 1.00. The molecule has 3 N–H and O–H groups in total. The van der Waals surface area contributed by atoms with Crippen molar-refractivity contribution in [3.8, 4) is 0 Å². The molecule has 0 heterocycles. The van der Waals surface area contributed by atoms with Crippen LogP contribution in [-0.2, 0) is 4.79 Å². The van der Waals surface area contributed by atoms with E-state index < -0.39 is 5.54 Å². The minimum Gasteiger partial charge on any atom is -0.348 e. The first-order valence-electron chi connectivity index (χ1n) is 5.37. The van der Waals surface area contributed by atoms with Gasteiger partial charge in [-0.1, -0.05) is 34.1 Å². The summed E-state index contributed by atoms with van der Waals surface area (Å²) in [5.41, 5.74) is 6.30. The monoisotopic (exact) mass is 282 g/mol. The molecule has 0 aromatic heterocycles. The van der Waals surface area contributed by atoms with Gasteiger partial charge in [-0.3, -0.25) is 4.79 Å². The lowest BCUT2D eigenvalue weighted by Crippen LogP contribution is -2.43. The Hall–Kier alpha value is -0.870. The lowest BCUT2D eigenvalue weighted by Gasteiger charge is -2.18. The second-order valence-corrected chi connectivity index (χ2v) is 5.23. The van der Waals surface area contributed by atoms with Crippen molar-refractivity contribution < 1.29 is 4.79 Å². The van der Waals surface area contributed by atoms with Crippen molar-refractivity contribution in [1.82, 2.24) is 5.32 Å². The van der Waals surface area contributed by atoms with Gasteiger partial charge in [0, 0.05) is 4.47 Å². The topological polar surface area (TPSA) is 55.1 Å². The lowest BCUT2D eigenvalue weighted by atomic mass is 10.1. The van der Waals surface area contributed by atoms with Crippen molar-refractivity contribution in [3.05, 3.63) is 34.3 Å². The summed E-state index contributed by atoms with van der Waals surface area (Å²) >= 11 is 3.47. The fourth-order valence-electron chi connectivity index (χ4n) is 1.61. The Kier molecular flexibility index (Phi) is 3.04. The number of carbonyl (C=O) groups excluding carboxylic acids is 1. The third-order valence-corrected chi connectivity index (χ3v) is 3.68. The zero-order valence-electron chi connectivity index (χ0n) is 9.16. The Labute approximate surface area is 104 Å². The molecule has 0 spiro atoms. The van der Waals surface area contributed by atoms with Gasteiger partial charge in [0.25, 0.3) is 0 Å². The van der Waals surface area contributed by atoms with Gasteiger partial charge in [0.1, 0.15) is 0 Å². The van der Waals surface area contributed by atoms with Crippen LogP contribution < -0.4 is 11.1 Å². The molecule has 0 aliphatic heterocycles. The molecule has 1 aliphatic rings. The van der Waals surface area contributed by atoms with Crippen molar-refractivity contribution in [2.45, 2.75) is 31.3 Å². The van der Waals surface area contributed by atoms with E-state index in [1.165, 1.54) is 0 Å². The van der Waals surface area contributed by atoms with Crippen LogP contribution in [-0.4, -0.2) is 11.4 Å². The molecule has 1 saturated carbocycles. The van der Waals surface area contributed by atoms with E-state index in [1.807, 2.05) is 31.2 Å². The molecule has 1 aromatic carbocycles. The quantitative estimate of drug-likeness (QED) is 0.892. The fourth-order valence-corrected chi connectivity index (χ4v) is 2.23. The van der Waals surface area contributed by atoms with Crippen LogP contribution in [0.5, 0.6) is 0 Å². The largest absolute Gasteiger partial charge is 0.348 e. The highest BCUT2D eigenvalue weighted by Crippen LogP contribution is 2.33. The summed E-state index contributed by atoms with van der Waals surface area (Å²) in [6.07, 6.45) is 1.59. The minimum atomic E-state index is -0.602. The van der Waals surface area contributed by atoms with Crippen LogP contribution in [0.3, 0.4) is 0 Å². The summed E-state index contributed by atoms with van der Waals surface area (Å²) in [6.45, 7) is 1.96. The van der Waals surface area contributed by atoms with E-state index in [9.17, 15) is 4.79 Å². The van der Waals surface area contributed by atoms with Crippen LogP contribution in [0.15, 0.2) is 28.7 Å². The van der Waals surface area contributed by atoms with E-state index in [0.717, 1.165) is 22.9 Å². The van der Waals surface area contributed by atoms with Crippen molar-refractivity contribution >= 4 is 21.8 Å². The number of hydrogen-bond donors (Lipinski definition) is 2. The molecule has 4 heteroatoms. The standard InChI is InChI=1S/C12H15BrN2O/c1-8(9-4-2-3-5-10(9)13)15-11(16)12(14)6-7-12/h2-5,8H,6-7,14H2,1H3,(H,15,16)/t8-/m0/s1. The van der Waals surface area contributed by atoms with Crippen molar-refractivity contribution in [2.24, 2.45) is 5.73 Å². The van der Waals surface area contributed by atoms with Gasteiger partial charge in [0.2, 0.25) is 5.91 Å². The van der Waals surface area contributed by atoms with E-state index in [0.29, 0.717) is 0 Å². The molecule has 1 amide bonds. The van der Waals surface area contributed by atoms with Gasteiger partial charge < -0.3 is 11.1 Å². The highest BCUT2D eigenvalue weighted by atomic mass is 79.9. The molecule has 86 valence electrons. The fraction of sp³-hybridized carbons (Fsp3) is 0.417. The molecule has 1 fully saturated rings. The van der Waals surface area contributed by atoms with Gasteiger partial charge in [0.05, 0.1) is 11.6 Å². The first-order chi connectivity index (χ1) is 7.53. The lowest BCUT2D eigenvalue weighted by molar-refractivity contribution is -0.123. The first kappa shape index (κ1) is 11.6. The second-order valence-electron chi connectivity index (χ2n) is 4.37. The molecule has 0 saturated heterocycles. The number of hydrogen-bond acceptors (Lipinski definition) is 2. The van der Waals surface area contributed by atoms with Crippen molar-refractivity contribution in [2.75, 3.05) is 0 Å². The van der Waals surface area contributed by atoms with Gasteiger partial charge in [-0.05, 0) is 31.4 Å². The van der Waals surface area contributed by atoms with Gasteiger partial charge in [0.15, 0.2) is 0 Å². The summed E-state index contributed by atoms with van der Waals surface area (Å²) in [5, 5.41) is 2.95. The molecule has 0 radical (unpaired) electrons. The predicted octanol–water partition coefficient (Wildman–Crippen LogP) is 2.12. The molecule has 1 atom stereocenters. The average molecular weight is 283 g/mol. The van der Waals surface area contributed by atoms with Crippen molar-refractivity contribution in [1.29, 1.82) is 0 Å². The van der Waals surface area contributed by atoms with Gasteiger partial charge in [-0.2, -0.15) is 0 Å². The normalized spacial score (nSPS) is 18.9. The second kappa shape index (κ2) is 4.18. The molecule has 3 nitrogen and oxygen atoms in total. The number of carbonyl (C=O) groups is 1. The van der Waals surface area contributed by atoms with Crippen LogP contribution in [0.2, 0.25) is 0 Å². The van der Waals surface area contributed by atoms with E-state index >= 15 is 0 Å². The smallest absolute Gasteiger partial charge is 0.240 e. The van der Waals surface area contributed by atoms with Gasteiger partial charge >= 0.3 is 0 Å². The Morgan fingerprint density at radius 1 is 1.50 bits per heavy atom. The summed E-state index contributed by atoms with van der Waals surface area (Å²) in [7, 11) is 0. The van der Waals surface area contributed by atoms with Crippen LogP contribution in [0, 0.1) is 0 Å². The Morgan fingerprint density at radius 2 is 2.12 bits per heavy atom. The maximum atomic E-state index is 11.8.